The number of nitriles is 1. The number of aromatic nitrogens is 3. The molecule has 2 aromatic heterocycles. The van der Waals surface area contributed by atoms with Gasteiger partial charge in [-0.1, -0.05) is 6.07 Å². The van der Waals surface area contributed by atoms with Crippen LogP contribution in [-0.4, -0.2) is 21.3 Å². The zero-order valence-corrected chi connectivity index (χ0v) is 10.5. The van der Waals surface area contributed by atoms with Crippen molar-refractivity contribution in [2.75, 3.05) is 11.9 Å². The number of rotatable bonds is 4. The van der Waals surface area contributed by atoms with Crippen LogP contribution in [0.15, 0.2) is 24.4 Å². The van der Waals surface area contributed by atoms with Crippen molar-refractivity contribution in [3.05, 3.63) is 41.3 Å². The highest BCUT2D eigenvalue weighted by Crippen LogP contribution is 2.16. The van der Waals surface area contributed by atoms with E-state index in [1.807, 2.05) is 32.2 Å². The van der Waals surface area contributed by atoms with Crippen LogP contribution in [0.2, 0.25) is 0 Å². The van der Waals surface area contributed by atoms with Crippen LogP contribution in [0.3, 0.4) is 0 Å². The predicted molar refractivity (Wildman–Crippen MR) is 69.1 cm³/mol. The minimum Gasteiger partial charge on any atom is -0.369 e. The average Bonchev–Trinajstić information content (AvgIpc) is 2.65. The highest BCUT2D eigenvalue weighted by Gasteiger charge is 2.11. The van der Waals surface area contributed by atoms with Crippen LogP contribution >= 0.6 is 0 Å². The normalized spacial score (nSPS) is 10.1. The first-order valence-electron chi connectivity index (χ1n) is 5.80. The van der Waals surface area contributed by atoms with E-state index < -0.39 is 0 Å². The van der Waals surface area contributed by atoms with Gasteiger partial charge in [0.05, 0.1) is 5.69 Å². The summed E-state index contributed by atoms with van der Waals surface area (Å²) in [5.41, 5.74) is 2.39. The van der Waals surface area contributed by atoms with E-state index in [9.17, 15) is 0 Å². The lowest BCUT2D eigenvalue weighted by atomic mass is 10.2. The molecule has 0 spiro atoms. The molecule has 0 saturated carbocycles. The number of hydrogen-bond acceptors (Lipinski definition) is 4. The summed E-state index contributed by atoms with van der Waals surface area (Å²) in [6.45, 7) is 2.56. The molecule has 0 amide bonds. The molecule has 92 valence electrons. The molecule has 0 bridgehead atoms. The SMILES string of the molecule is Cc1nn(C)c(NCCc2ccccn2)c1C#N. The van der Waals surface area contributed by atoms with Crippen molar-refractivity contribution in [1.82, 2.24) is 14.8 Å². The standard InChI is InChI=1S/C13H15N5/c1-10-12(9-14)13(18(2)17-10)16-8-6-11-5-3-4-7-15-11/h3-5,7,16H,6,8H2,1-2H3. The van der Waals surface area contributed by atoms with Crippen LogP contribution in [0, 0.1) is 18.3 Å². The monoisotopic (exact) mass is 241 g/mol. The van der Waals surface area contributed by atoms with Crippen molar-refractivity contribution >= 4 is 5.82 Å². The van der Waals surface area contributed by atoms with Crippen molar-refractivity contribution in [2.45, 2.75) is 13.3 Å². The van der Waals surface area contributed by atoms with Gasteiger partial charge in [-0.25, -0.2) is 0 Å². The molecule has 0 aliphatic heterocycles. The zero-order valence-electron chi connectivity index (χ0n) is 10.5. The third-order valence-corrected chi connectivity index (χ3v) is 2.73. The van der Waals surface area contributed by atoms with Gasteiger partial charge in [0, 0.05) is 31.9 Å². The Morgan fingerprint density at radius 1 is 1.44 bits per heavy atom. The van der Waals surface area contributed by atoms with Crippen molar-refractivity contribution < 1.29 is 0 Å². The Hall–Kier alpha value is -2.35. The lowest BCUT2D eigenvalue weighted by molar-refractivity contribution is 0.756. The van der Waals surface area contributed by atoms with Gasteiger partial charge in [-0.05, 0) is 19.1 Å². The fourth-order valence-electron chi connectivity index (χ4n) is 1.85. The highest BCUT2D eigenvalue weighted by atomic mass is 15.3. The van der Waals surface area contributed by atoms with Gasteiger partial charge in [0.2, 0.25) is 0 Å². The van der Waals surface area contributed by atoms with Gasteiger partial charge in [-0.2, -0.15) is 10.4 Å². The molecule has 5 nitrogen and oxygen atoms in total. The van der Waals surface area contributed by atoms with Crippen LogP contribution in [0.5, 0.6) is 0 Å². The van der Waals surface area contributed by atoms with Gasteiger partial charge < -0.3 is 5.32 Å². The number of nitrogens with one attached hydrogen (secondary N) is 1. The molecule has 0 aliphatic carbocycles. The van der Waals surface area contributed by atoms with Gasteiger partial charge in [0.1, 0.15) is 17.5 Å². The Morgan fingerprint density at radius 2 is 2.28 bits per heavy atom. The molecule has 1 N–H and O–H groups in total. The van der Waals surface area contributed by atoms with E-state index in [1.54, 1.807) is 10.9 Å². The molecule has 0 aliphatic rings. The maximum absolute atomic E-state index is 9.07. The largest absolute Gasteiger partial charge is 0.369 e. The van der Waals surface area contributed by atoms with Crippen molar-refractivity contribution in [3.8, 4) is 6.07 Å². The minimum atomic E-state index is 0.610. The van der Waals surface area contributed by atoms with Crippen LogP contribution in [0.25, 0.3) is 0 Å². The van der Waals surface area contributed by atoms with Crippen molar-refractivity contribution in [2.24, 2.45) is 7.05 Å². The second kappa shape index (κ2) is 5.32. The molecule has 0 unspecified atom stereocenters. The highest BCUT2D eigenvalue weighted by molar-refractivity contribution is 5.54. The Labute approximate surface area is 106 Å². The molecule has 0 radical (unpaired) electrons. The zero-order chi connectivity index (χ0) is 13.0. The quantitative estimate of drug-likeness (QED) is 0.883. The number of hydrogen-bond donors (Lipinski definition) is 1. The van der Waals surface area contributed by atoms with Crippen LogP contribution < -0.4 is 5.32 Å². The summed E-state index contributed by atoms with van der Waals surface area (Å²) >= 11 is 0. The molecule has 5 heteroatoms. The van der Waals surface area contributed by atoms with Gasteiger partial charge in [-0.3, -0.25) is 9.67 Å². The van der Waals surface area contributed by atoms with E-state index in [-0.39, 0.29) is 0 Å². The first kappa shape index (κ1) is 12.1. The van der Waals surface area contributed by atoms with E-state index in [4.69, 9.17) is 5.26 Å². The smallest absolute Gasteiger partial charge is 0.142 e. The Morgan fingerprint density at radius 3 is 2.94 bits per heavy atom. The van der Waals surface area contributed by atoms with E-state index in [0.29, 0.717) is 5.56 Å². The number of aryl methyl sites for hydroxylation is 2. The summed E-state index contributed by atoms with van der Waals surface area (Å²) in [7, 11) is 1.83. The predicted octanol–water partition coefficient (Wildman–Crippen LogP) is 1.65. The third kappa shape index (κ3) is 2.48. The van der Waals surface area contributed by atoms with Crippen LogP contribution in [0.4, 0.5) is 5.82 Å². The van der Waals surface area contributed by atoms with Crippen molar-refractivity contribution in [1.29, 1.82) is 5.26 Å². The summed E-state index contributed by atoms with van der Waals surface area (Å²) in [6, 6.07) is 8.03. The molecule has 0 aromatic carbocycles. The van der Waals surface area contributed by atoms with Crippen molar-refractivity contribution in [3.63, 3.8) is 0 Å². The number of nitrogens with zero attached hydrogens (tertiary/aromatic N) is 4. The summed E-state index contributed by atoms with van der Waals surface area (Å²) in [5, 5.41) is 16.5. The van der Waals surface area contributed by atoms with Crippen LogP contribution in [-0.2, 0) is 13.5 Å². The second-order valence-corrected chi connectivity index (χ2v) is 4.04. The molecule has 0 atom stereocenters. The second-order valence-electron chi connectivity index (χ2n) is 4.04. The first-order chi connectivity index (χ1) is 8.72. The van der Waals surface area contributed by atoms with Gasteiger partial charge in [-0.15, -0.1) is 0 Å². The Balaban J connectivity index is 2.01. The minimum absolute atomic E-state index is 0.610. The fraction of sp³-hybridized carbons (Fsp3) is 0.308. The van der Waals surface area contributed by atoms with Crippen LogP contribution in [0.1, 0.15) is 17.0 Å². The maximum atomic E-state index is 9.07. The fourth-order valence-corrected chi connectivity index (χ4v) is 1.85. The summed E-state index contributed by atoms with van der Waals surface area (Å²) < 4.78 is 1.70. The molecule has 0 saturated heterocycles. The average molecular weight is 241 g/mol. The molecule has 2 aromatic rings. The maximum Gasteiger partial charge on any atom is 0.142 e. The van der Waals surface area contributed by atoms with E-state index in [0.717, 1.165) is 30.2 Å². The topological polar surface area (TPSA) is 66.5 Å². The summed E-state index contributed by atoms with van der Waals surface area (Å²) in [4.78, 5) is 4.25. The molecular weight excluding hydrogens is 226 g/mol. The van der Waals surface area contributed by atoms with E-state index >= 15 is 0 Å². The summed E-state index contributed by atoms with van der Waals surface area (Å²) in [5.74, 6) is 0.769. The number of anilines is 1. The molecule has 18 heavy (non-hydrogen) atoms. The lowest BCUT2D eigenvalue weighted by Gasteiger charge is -2.06. The Kier molecular flexibility index (Phi) is 3.58. The molecule has 2 rings (SSSR count). The van der Waals surface area contributed by atoms with E-state index in [1.165, 1.54) is 0 Å². The van der Waals surface area contributed by atoms with Gasteiger partial charge in [0.25, 0.3) is 0 Å². The molecular formula is C13H15N5. The molecule has 2 heterocycles. The summed E-state index contributed by atoms with van der Waals surface area (Å²) in [6.07, 6.45) is 2.60. The number of pyridine rings is 1. The third-order valence-electron chi connectivity index (χ3n) is 2.73. The van der Waals surface area contributed by atoms with Gasteiger partial charge in [0.15, 0.2) is 0 Å². The first-order valence-corrected chi connectivity index (χ1v) is 5.80. The van der Waals surface area contributed by atoms with Gasteiger partial charge >= 0.3 is 0 Å². The lowest BCUT2D eigenvalue weighted by Crippen LogP contribution is -2.10. The Bertz CT molecular complexity index is 565. The molecule has 0 fully saturated rings. The van der Waals surface area contributed by atoms with E-state index in [2.05, 4.69) is 21.5 Å².